The Labute approximate surface area is 174 Å². The first-order valence-corrected chi connectivity index (χ1v) is 8.56. The van der Waals surface area contributed by atoms with Crippen molar-refractivity contribution in [3.05, 3.63) is 55.6 Å². The van der Waals surface area contributed by atoms with Gasteiger partial charge in [-0.3, -0.25) is 9.36 Å². The number of alkyl halides is 3. The highest BCUT2D eigenvalue weighted by Gasteiger charge is 2.35. The van der Waals surface area contributed by atoms with Crippen molar-refractivity contribution in [2.75, 3.05) is 7.11 Å². The van der Waals surface area contributed by atoms with Crippen LogP contribution in [0.3, 0.4) is 0 Å². The number of nitrogens with zero attached hydrogens (tertiary/aromatic N) is 6. The summed E-state index contributed by atoms with van der Waals surface area (Å²) in [5, 5.41) is 10.9. The number of methoxy groups -OCH3 is 1. The van der Waals surface area contributed by atoms with Crippen LogP contribution < -0.4 is 11.2 Å². The van der Waals surface area contributed by atoms with Gasteiger partial charge in [0.05, 0.1) is 17.8 Å². The van der Waals surface area contributed by atoms with Crippen molar-refractivity contribution in [3.8, 4) is 17.1 Å². The van der Waals surface area contributed by atoms with Crippen molar-refractivity contribution in [2.24, 2.45) is 7.05 Å². The van der Waals surface area contributed by atoms with Gasteiger partial charge in [-0.25, -0.2) is 18.5 Å². The highest BCUT2D eigenvalue weighted by Crippen LogP contribution is 2.30. The molecule has 1 aromatic carbocycles. The Kier molecular flexibility index (Phi) is 5.67. The quantitative estimate of drug-likeness (QED) is 0.422. The first-order valence-electron chi connectivity index (χ1n) is 8.18. The van der Waals surface area contributed by atoms with E-state index in [4.69, 9.17) is 11.6 Å². The SMILES string of the molecule is COC(=O)Cn1nnc(-c2cc(-n3c(=O)cc(C(F)(F)F)n(C)c3=O)c(F)cc2Cl)n1. The number of ether oxygens (including phenoxy) is 1. The third-order valence-corrected chi connectivity index (χ3v) is 4.39. The van der Waals surface area contributed by atoms with E-state index >= 15 is 0 Å². The van der Waals surface area contributed by atoms with Gasteiger partial charge >= 0.3 is 17.8 Å². The fourth-order valence-electron chi connectivity index (χ4n) is 2.60. The molecule has 0 atom stereocenters. The number of benzene rings is 1. The van der Waals surface area contributed by atoms with Gasteiger partial charge in [0, 0.05) is 18.7 Å². The molecule has 0 aliphatic heterocycles. The number of hydrogen-bond acceptors (Lipinski definition) is 7. The van der Waals surface area contributed by atoms with Crippen molar-refractivity contribution >= 4 is 17.6 Å². The van der Waals surface area contributed by atoms with Gasteiger partial charge in [-0.2, -0.15) is 18.0 Å². The molecule has 10 nitrogen and oxygen atoms in total. The predicted octanol–water partition coefficient (Wildman–Crippen LogP) is 1.17. The first kappa shape index (κ1) is 22.1. The molecule has 0 fully saturated rings. The molecule has 3 rings (SSSR count). The zero-order valence-corrected chi connectivity index (χ0v) is 16.4. The standard InChI is InChI=1S/C16H11ClF4N6O4/c1-25-11(16(19,20)21)5-12(28)27(15(25)30)10-3-7(8(17)4-9(10)18)14-22-24-26(23-14)6-13(29)31-2/h3-5H,6H2,1-2H3. The zero-order valence-electron chi connectivity index (χ0n) is 15.6. The molecule has 0 N–H and O–H groups in total. The Balaban J connectivity index is 2.18. The Bertz CT molecular complexity index is 1300. The van der Waals surface area contributed by atoms with Crippen LogP contribution in [-0.4, -0.2) is 42.4 Å². The number of rotatable bonds is 4. The molecule has 2 heterocycles. The summed E-state index contributed by atoms with van der Waals surface area (Å²) in [6, 6.07) is 1.81. The number of esters is 1. The van der Waals surface area contributed by atoms with Crippen LogP contribution >= 0.6 is 11.6 Å². The number of carbonyl (C=O) groups excluding carboxylic acids is 1. The van der Waals surface area contributed by atoms with Gasteiger partial charge in [0.15, 0.2) is 6.54 Å². The second-order valence-electron chi connectivity index (χ2n) is 6.05. The summed E-state index contributed by atoms with van der Waals surface area (Å²) in [6.07, 6.45) is -4.97. The van der Waals surface area contributed by atoms with Gasteiger partial charge in [0.1, 0.15) is 11.5 Å². The normalized spacial score (nSPS) is 11.6. The van der Waals surface area contributed by atoms with E-state index in [0.29, 0.717) is 0 Å². The summed E-state index contributed by atoms with van der Waals surface area (Å²) in [6.45, 7) is -0.395. The molecule has 0 unspecified atom stereocenters. The zero-order chi connectivity index (χ0) is 23.1. The number of aromatic nitrogens is 6. The largest absolute Gasteiger partial charge is 0.468 e. The highest BCUT2D eigenvalue weighted by atomic mass is 35.5. The van der Waals surface area contributed by atoms with Crippen LogP contribution in [0.25, 0.3) is 17.1 Å². The summed E-state index contributed by atoms with van der Waals surface area (Å²) in [5.41, 5.74) is -5.12. The minimum atomic E-state index is -4.97. The van der Waals surface area contributed by atoms with Gasteiger partial charge in [-0.1, -0.05) is 11.6 Å². The molecular formula is C16H11ClF4N6O4. The monoisotopic (exact) mass is 462 g/mol. The smallest absolute Gasteiger partial charge is 0.431 e. The van der Waals surface area contributed by atoms with E-state index in [-0.39, 0.29) is 31.6 Å². The maximum Gasteiger partial charge on any atom is 0.431 e. The maximum absolute atomic E-state index is 14.5. The third-order valence-electron chi connectivity index (χ3n) is 4.08. The molecule has 3 aromatic rings. The van der Waals surface area contributed by atoms with Crippen molar-refractivity contribution in [1.29, 1.82) is 0 Å². The van der Waals surface area contributed by atoms with Gasteiger partial charge in [0.25, 0.3) is 5.56 Å². The number of carbonyl (C=O) groups is 1. The van der Waals surface area contributed by atoms with E-state index in [0.717, 1.165) is 31.1 Å². The van der Waals surface area contributed by atoms with Gasteiger partial charge in [0.2, 0.25) is 5.82 Å². The second kappa shape index (κ2) is 7.94. The average Bonchev–Trinajstić information content (AvgIpc) is 3.13. The van der Waals surface area contributed by atoms with Crippen LogP contribution in [0.4, 0.5) is 17.6 Å². The Morgan fingerprint density at radius 1 is 1.23 bits per heavy atom. The Morgan fingerprint density at radius 3 is 2.52 bits per heavy atom. The molecule has 0 aliphatic carbocycles. The van der Waals surface area contributed by atoms with Crippen molar-refractivity contribution in [3.63, 3.8) is 0 Å². The van der Waals surface area contributed by atoms with E-state index < -0.39 is 47.1 Å². The lowest BCUT2D eigenvalue weighted by molar-refractivity contribution is -0.144. The lowest BCUT2D eigenvalue weighted by Crippen LogP contribution is -2.41. The summed E-state index contributed by atoms with van der Waals surface area (Å²) in [4.78, 5) is 36.8. The van der Waals surface area contributed by atoms with Gasteiger partial charge < -0.3 is 4.74 Å². The molecule has 0 radical (unpaired) electrons. The van der Waals surface area contributed by atoms with Gasteiger partial charge in [-0.15, -0.1) is 10.2 Å². The molecule has 0 saturated carbocycles. The Morgan fingerprint density at radius 2 is 1.90 bits per heavy atom. The molecule has 31 heavy (non-hydrogen) atoms. The maximum atomic E-state index is 14.5. The molecule has 0 amide bonds. The number of halogens is 5. The lowest BCUT2D eigenvalue weighted by Gasteiger charge is -2.15. The molecule has 0 saturated heterocycles. The summed E-state index contributed by atoms with van der Waals surface area (Å²) in [5.74, 6) is -2.05. The molecule has 0 spiro atoms. The third kappa shape index (κ3) is 4.19. The summed E-state index contributed by atoms with van der Waals surface area (Å²) >= 11 is 5.99. The topological polar surface area (TPSA) is 114 Å². The van der Waals surface area contributed by atoms with Crippen LogP contribution in [0, 0.1) is 5.82 Å². The number of hydrogen-bond donors (Lipinski definition) is 0. The van der Waals surface area contributed by atoms with Crippen LogP contribution in [0.2, 0.25) is 5.02 Å². The van der Waals surface area contributed by atoms with E-state index in [1.54, 1.807) is 0 Å². The second-order valence-corrected chi connectivity index (χ2v) is 6.45. The fraction of sp³-hybridized carbons (Fsp3) is 0.250. The van der Waals surface area contributed by atoms with E-state index in [1.165, 1.54) is 0 Å². The minimum absolute atomic E-state index is 0.0944. The molecular weight excluding hydrogens is 452 g/mol. The summed E-state index contributed by atoms with van der Waals surface area (Å²) < 4.78 is 58.4. The van der Waals surface area contributed by atoms with E-state index in [1.807, 2.05) is 0 Å². The summed E-state index contributed by atoms with van der Waals surface area (Å²) in [7, 11) is 1.93. The van der Waals surface area contributed by atoms with E-state index in [2.05, 4.69) is 20.1 Å². The van der Waals surface area contributed by atoms with Crippen molar-refractivity contribution in [2.45, 2.75) is 12.7 Å². The first-order chi connectivity index (χ1) is 14.4. The van der Waals surface area contributed by atoms with Crippen molar-refractivity contribution < 1.29 is 27.1 Å². The molecule has 0 aliphatic rings. The fourth-order valence-corrected chi connectivity index (χ4v) is 2.83. The highest BCUT2D eigenvalue weighted by molar-refractivity contribution is 6.33. The average molecular weight is 463 g/mol. The van der Waals surface area contributed by atoms with Crippen LogP contribution in [0.5, 0.6) is 0 Å². The van der Waals surface area contributed by atoms with Crippen molar-refractivity contribution in [1.82, 2.24) is 29.3 Å². The van der Waals surface area contributed by atoms with E-state index in [9.17, 15) is 31.9 Å². The molecule has 15 heteroatoms. The molecule has 0 bridgehead atoms. The van der Waals surface area contributed by atoms with Crippen LogP contribution in [0.15, 0.2) is 27.8 Å². The van der Waals surface area contributed by atoms with Gasteiger partial charge in [-0.05, 0) is 17.3 Å². The minimum Gasteiger partial charge on any atom is -0.468 e. The van der Waals surface area contributed by atoms with Crippen LogP contribution in [-0.2, 0) is 29.3 Å². The molecule has 2 aromatic heterocycles. The van der Waals surface area contributed by atoms with Crippen LogP contribution in [0.1, 0.15) is 5.69 Å². The predicted molar refractivity (Wildman–Crippen MR) is 96.1 cm³/mol. The number of tetrazole rings is 1. The Hall–Kier alpha value is -3.55. The molecule has 164 valence electrons. The lowest BCUT2D eigenvalue weighted by atomic mass is 10.1.